The molecule has 5 heteroatoms. The molecule has 0 fully saturated rings. The third kappa shape index (κ3) is 3.22. The molecule has 0 spiro atoms. The summed E-state index contributed by atoms with van der Waals surface area (Å²) in [5.41, 5.74) is 4.01. The molecule has 136 valence electrons. The van der Waals surface area contributed by atoms with Crippen molar-refractivity contribution in [1.82, 2.24) is 9.88 Å². The van der Waals surface area contributed by atoms with E-state index < -0.39 is 5.97 Å². The largest absolute Gasteiger partial charge is 0.478 e. The monoisotopic (exact) mass is 362 g/mol. The molecule has 2 heterocycles. The minimum Gasteiger partial charge on any atom is -0.478 e. The minimum atomic E-state index is -0.951. The van der Waals surface area contributed by atoms with Gasteiger partial charge < -0.3 is 5.11 Å². The number of likely N-dealkylation sites (N-methyl/N-ethyl adjacent to an activating group) is 1. The van der Waals surface area contributed by atoms with Crippen molar-refractivity contribution in [2.24, 2.45) is 0 Å². The van der Waals surface area contributed by atoms with Gasteiger partial charge in [-0.3, -0.25) is 4.90 Å². The van der Waals surface area contributed by atoms with Gasteiger partial charge in [0.15, 0.2) is 0 Å². The molecular formula is C22H19FN2O2. The lowest BCUT2D eigenvalue weighted by Crippen LogP contribution is -2.31. The number of hydrogen-bond donors (Lipinski definition) is 1. The maximum absolute atomic E-state index is 13.6. The fourth-order valence-corrected chi connectivity index (χ4v) is 3.65. The lowest BCUT2D eigenvalue weighted by molar-refractivity contribution is 0.0696. The smallest absolute Gasteiger partial charge is 0.336 e. The average Bonchev–Trinajstić information content (AvgIpc) is 2.66. The van der Waals surface area contributed by atoms with Crippen LogP contribution in [-0.4, -0.2) is 34.0 Å². The van der Waals surface area contributed by atoms with Crippen molar-refractivity contribution < 1.29 is 14.3 Å². The molecule has 0 amide bonds. The summed E-state index contributed by atoms with van der Waals surface area (Å²) in [5.74, 6) is -1.25. The van der Waals surface area contributed by atoms with E-state index in [1.54, 1.807) is 12.1 Å². The molecule has 1 aromatic heterocycles. The first-order valence-electron chi connectivity index (χ1n) is 8.90. The van der Waals surface area contributed by atoms with Gasteiger partial charge >= 0.3 is 5.97 Å². The summed E-state index contributed by atoms with van der Waals surface area (Å²) in [7, 11) is 0. The number of rotatable bonds is 3. The molecule has 0 saturated heterocycles. The van der Waals surface area contributed by atoms with Gasteiger partial charge in [0, 0.05) is 24.0 Å². The molecule has 27 heavy (non-hydrogen) atoms. The fourth-order valence-electron chi connectivity index (χ4n) is 3.65. The lowest BCUT2D eigenvalue weighted by Gasteiger charge is -2.30. The number of pyridine rings is 1. The summed E-state index contributed by atoms with van der Waals surface area (Å²) in [6.07, 6.45) is 1.90. The Hall–Kier alpha value is -3.05. The summed E-state index contributed by atoms with van der Waals surface area (Å²) in [6.45, 7) is 4.00. The number of hydrogen-bond acceptors (Lipinski definition) is 3. The zero-order chi connectivity index (χ0) is 19.0. The number of carbonyl (C=O) groups is 1. The number of para-hydroxylation sites is 1. The number of aromatic carboxylic acids is 1. The number of benzene rings is 2. The van der Waals surface area contributed by atoms with Gasteiger partial charge in [-0.15, -0.1) is 0 Å². The van der Waals surface area contributed by atoms with E-state index in [-0.39, 0.29) is 5.82 Å². The molecule has 4 nitrogen and oxygen atoms in total. The van der Waals surface area contributed by atoms with E-state index in [1.807, 2.05) is 37.3 Å². The molecule has 3 aromatic rings. The number of aromatic nitrogens is 1. The molecule has 0 atom stereocenters. The van der Waals surface area contributed by atoms with E-state index in [2.05, 4.69) is 4.90 Å². The Morgan fingerprint density at radius 1 is 1.22 bits per heavy atom. The molecule has 0 aliphatic carbocycles. The summed E-state index contributed by atoms with van der Waals surface area (Å²) < 4.78 is 13.6. The molecule has 0 unspecified atom stereocenters. The van der Waals surface area contributed by atoms with Crippen LogP contribution in [0.5, 0.6) is 0 Å². The predicted molar refractivity (Wildman–Crippen MR) is 104 cm³/mol. The van der Waals surface area contributed by atoms with Crippen LogP contribution in [0.1, 0.15) is 34.1 Å². The fraction of sp³-hybridized carbons (Fsp3) is 0.182. The van der Waals surface area contributed by atoms with Crippen LogP contribution in [0.15, 0.2) is 48.5 Å². The second-order valence-electron chi connectivity index (χ2n) is 6.66. The highest BCUT2D eigenvalue weighted by molar-refractivity contribution is 6.06. The van der Waals surface area contributed by atoms with E-state index in [1.165, 1.54) is 12.1 Å². The average molecular weight is 362 g/mol. The molecule has 1 aliphatic heterocycles. The van der Waals surface area contributed by atoms with Gasteiger partial charge in [0.1, 0.15) is 5.82 Å². The summed E-state index contributed by atoms with van der Waals surface area (Å²) in [6, 6.07) is 13.7. The van der Waals surface area contributed by atoms with Crippen LogP contribution in [0.2, 0.25) is 0 Å². The summed E-state index contributed by atoms with van der Waals surface area (Å²) in [4.78, 5) is 19.0. The zero-order valence-electron chi connectivity index (χ0n) is 14.9. The topological polar surface area (TPSA) is 53.4 Å². The second kappa shape index (κ2) is 6.93. The van der Waals surface area contributed by atoms with Gasteiger partial charge in [-0.25, -0.2) is 14.2 Å². The van der Waals surface area contributed by atoms with Crippen LogP contribution in [0.25, 0.3) is 22.6 Å². The molecule has 2 aromatic carbocycles. The van der Waals surface area contributed by atoms with Gasteiger partial charge in [0.2, 0.25) is 0 Å². The van der Waals surface area contributed by atoms with Crippen LogP contribution in [0.3, 0.4) is 0 Å². The Labute approximate surface area is 156 Å². The van der Waals surface area contributed by atoms with Crippen molar-refractivity contribution in [1.29, 1.82) is 0 Å². The highest BCUT2D eigenvalue weighted by Gasteiger charge is 2.27. The van der Waals surface area contributed by atoms with Crippen molar-refractivity contribution in [2.45, 2.75) is 13.5 Å². The van der Waals surface area contributed by atoms with Crippen LogP contribution >= 0.6 is 0 Å². The first-order chi connectivity index (χ1) is 13.1. The highest BCUT2D eigenvalue weighted by atomic mass is 19.1. The highest BCUT2D eigenvalue weighted by Crippen LogP contribution is 2.34. The van der Waals surface area contributed by atoms with E-state index in [0.29, 0.717) is 35.2 Å². The van der Waals surface area contributed by atoms with Gasteiger partial charge in [-0.1, -0.05) is 37.3 Å². The third-order valence-corrected chi connectivity index (χ3v) is 4.92. The predicted octanol–water partition coefficient (Wildman–Crippen LogP) is 4.45. The number of carboxylic acids is 1. The molecule has 1 aliphatic rings. The minimum absolute atomic E-state index is 0.301. The number of fused-ring (bicyclic) bond motifs is 2. The molecule has 4 rings (SSSR count). The van der Waals surface area contributed by atoms with Crippen molar-refractivity contribution in [2.75, 3.05) is 13.1 Å². The third-order valence-electron chi connectivity index (χ3n) is 4.92. The Kier molecular flexibility index (Phi) is 4.46. The first-order valence-corrected chi connectivity index (χ1v) is 8.90. The maximum atomic E-state index is 13.6. The van der Waals surface area contributed by atoms with Gasteiger partial charge in [-0.05, 0) is 42.0 Å². The number of halogens is 1. The summed E-state index contributed by atoms with van der Waals surface area (Å²) in [5, 5.41) is 10.5. The lowest BCUT2D eigenvalue weighted by atomic mass is 9.92. The first kappa shape index (κ1) is 17.4. The Balaban J connectivity index is 1.99. The number of nitrogens with zero attached hydrogens (tertiary/aromatic N) is 2. The SMILES string of the molecule is CCN1C/C(=C/c2cccc(F)c2)c2nc3ccccc3c(C(=O)O)c2C1. The normalized spacial score (nSPS) is 15.9. The molecule has 0 bridgehead atoms. The van der Waals surface area contributed by atoms with Crippen molar-refractivity contribution in [3.8, 4) is 0 Å². The van der Waals surface area contributed by atoms with Crippen molar-refractivity contribution >= 4 is 28.5 Å². The van der Waals surface area contributed by atoms with Crippen molar-refractivity contribution in [3.05, 3.63) is 76.7 Å². The van der Waals surface area contributed by atoms with Gasteiger partial charge in [0.25, 0.3) is 0 Å². The number of carboxylic acid groups (broad SMARTS) is 1. The standard InChI is InChI=1S/C22H19FN2O2/c1-2-25-12-15(10-14-6-5-7-16(23)11-14)21-18(13-25)20(22(26)27)17-8-3-4-9-19(17)24-21/h3-11H,2,12-13H2,1H3,(H,26,27)/b15-10-. The van der Waals surface area contributed by atoms with E-state index in [9.17, 15) is 14.3 Å². The Bertz CT molecular complexity index is 1080. The molecule has 0 saturated carbocycles. The van der Waals surface area contributed by atoms with E-state index in [0.717, 1.165) is 23.2 Å². The van der Waals surface area contributed by atoms with Crippen LogP contribution in [0, 0.1) is 5.82 Å². The van der Waals surface area contributed by atoms with Crippen LogP contribution in [-0.2, 0) is 6.54 Å². The molecule has 0 radical (unpaired) electrons. The summed E-state index contributed by atoms with van der Waals surface area (Å²) >= 11 is 0. The van der Waals surface area contributed by atoms with E-state index in [4.69, 9.17) is 4.98 Å². The van der Waals surface area contributed by atoms with Gasteiger partial charge in [0.05, 0.1) is 16.8 Å². The Morgan fingerprint density at radius 2 is 2.04 bits per heavy atom. The van der Waals surface area contributed by atoms with Gasteiger partial charge in [-0.2, -0.15) is 0 Å². The zero-order valence-corrected chi connectivity index (χ0v) is 14.9. The van der Waals surface area contributed by atoms with E-state index >= 15 is 0 Å². The van der Waals surface area contributed by atoms with Crippen LogP contribution in [0.4, 0.5) is 4.39 Å². The quantitative estimate of drug-likeness (QED) is 0.748. The van der Waals surface area contributed by atoms with Crippen molar-refractivity contribution in [3.63, 3.8) is 0 Å². The van der Waals surface area contributed by atoms with Crippen LogP contribution < -0.4 is 0 Å². The second-order valence-corrected chi connectivity index (χ2v) is 6.66. The Morgan fingerprint density at radius 3 is 2.78 bits per heavy atom. The maximum Gasteiger partial charge on any atom is 0.336 e. The molecular weight excluding hydrogens is 343 g/mol. The molecule has 1 N–H and O–H groups in total.